The zero-order chi connectivity index (χ0) is 21.6. The number of hydrogen-bond acceptors (Lipinski definition) is 5. The number of rotatable bonds is 7. The number of aryl methyl sites for hydroxylation is 1. The van der Waals surface area contributed by atoms with Crippen molar-refractivity contribution in [1.82, 2.24) is 25.1 Å². The average Bonchev–Trinajstić information content (AvgIpc) is 3.22. The molecule has 0 saturated heterocycles. The Labute approximate surface area is 183 Å². The molecule has 8 heteroatoms. The van der Waals surface area contributed by atoms with Gasteiger partial charge in [-0.05, 0) is 42.8 Å². The van der Waals surface area contributed by atoms with Crippen molar-refractivity contribution < 1.29 is 9.18 Å². The van der Waals surface area contributed by atoms with Gasteiger partial charge in [-0.1, -0.05) is 48.2 Å². The molecule has 0 aliphatic carbocycles. The third-order valence-corrected chi connectivity index (χ3v) is 5.59. The number of nitrogens with one attached hydrogen (secondary N) is 1. The van der Waals surface area contributed by atoms with Crippen LogP contribution in [-0.2, 0) is 11.3 Å². The molecule has 1 amide bonds. The summed E-state index contributed by atoms with van der Waals surface area (Å²) in [5.74, 6) is 0.00206. The lowest BCUT2D eigenvalue weighted by Gasteiger charge is -2.11. The molecule has 1 N–H and O–H groups in total. The zero-order valence-electron chi connectivity index (χ0n) is 16.8. The van der Waals surface area contributed by atoms with Gasteiger partial charge in [0, 0.05) is 11.9 Å². The number of nitrogens with zero attached hydrogens (tertiary/aromatic N) is 4. The van der Waals surface area contributed by atoms with Crippen molar-refractivity contribution >= 4 is 17.7 Å². The quantitative estimate of drug-likeness (QED) is 0.443. The first-order chi connectivity index (χ1) is 15.1. The standard InChI is InChI=1S/C23H20FN5OS/c1-16-8-7-13-25-20(16)14-26-21(30)15-31-23-28-27-22(18-11-5-6-12-19(18)24)29(23)17-9-3-2-4-10-17/h2-13H,14-15H2,1H3,(H,26,30). The first-order valence-corrected chi connectivity index (χ1v) is 10.7. The van der Waals surface area contributed by atoms with E-state index in [0.29, 0.717) is 23.1 Å². The summed E-state index contributed by atoms with van der Waals surface area (Å²) in [6.07, 6.45) is 1.70. The number of aromatic nitrogens is 4. The largest absolute Gasteiger partial charge is 0.350 e. The molecule has 0 atom stereocenters. The number of halogens is 1. The maximum absolute atomic E-state index is 14.4. The molecular weight excluding hydrogens is 413 g/mol. The van der Waals surface area contributed by atoms with Gasteiger partial charge in [-0.25, -0.2) is 4.39 Å². The molecule has 0 saturated carbocycles. The highest BCUT2D eigenvalue weighted by Gasteiger charge is 2.19. The van der Waals surface area contributed by atoms with E-state index >= 15 is 0 Å². The normalized spacial score (nSPS) is 10.8. The first kappa shape index (κ1) is 20.7. The lowest BCUT2D eigenvalue weighted by molar-refractivity contribution is -0.118. The summed E-state index contributed by atoms with van der Waals surface area (Å²) >= 11 is 1.25. The predicted octanol–water partition coefficient (Wildman–Crippen LogP) is 4.19. The highest BCUT2D eigenvalue weighted by Crippen LogP contribution is 2.29. The van der Waals surface area contributed by atoms with E-state index in [-0.39, 0.29) is 17.5 Å². The molecule has 4 aromatic rings. The second-order valence-corrected chi connectivity index (χ2v) is 7.73. The molecule has 2 aromatic carbocycles. The lowest BCUT2D eigenvalue weighted by Crippen LogP contribution is -2.25. The Bertz CT molecular complexity index is 1200. The molecule has 0 aliphatic rings. The third kappa shape index (κ3) is 4.80. The number of para-hydroxylation sites is 1. The number of benzene rings is 2. The molecule has 0 aliphatic heterocycles. The summed E-state index contributed by atoms with van der Waals surface area (Å²) in [7, 11) is 0. The monoisotopic (exact) mass is 433 g/mol. The van der Waals surface area contributed by atoms with Crippen LogP contribution in [0.1, 0.15) is 11.3 Å². The molecule has 31 heavy (non-hydrogen) atoms. The number of carbonyl (C=O) groups excluding carboxylic acids is 1. The molecule has 6 nitrogen and oxygen atoms in total. The van der Waals surface area contributed by atoms with Crippen molar-refractivity contribution in [2.24, 2.45) is 0 Å². The fraction of sp³-hybridized carbons (Fsp3) is 0.130. The fourth-order valence-electron chi connectivity index (χ4n) is 3.06. The maximum atomic E-state index is 14.4. The van der Waals surface area contributed by atoms with E-state index in [2.05, 4.69) is 20.5 Å². The molecule has 0 bridgehead atoms. The summed E-state index contributed by atoms with van der Waals surface area (Å²) in [6, 6.07) is 19.7. The third-order valence-electron chi connectivity index (χ3n) is 4.67. The number of carbonyl (C=O) groups is 1. The highest BCUT2D eigenvalue weighted by atomic mass is 32.2. The van der Waals surface area contributed by atoms with Crippen LogP contribution in [0.3, 0.4) is 0 Å². The average molecular weight is 434 g/mol. The molecule has 2 heterocycles. The Morgan fingerprint density at radius 2 is 1.81 bits per heavy atom. The van der Waals surface area contributed by atoms with Gasteiger partial charge < -0.3 is 5.32 Å². The van der Waals surface area contributed by atoms with Crippen LogP contribution in [0.4, 0.5) is 4.39 Å². The maximum Gasteiger partial charge on any atom is 0.230 e. The SMILES string of the molecule is Cc1cccnc1CNC(=O)CSc1nnc(-c2ccccc2F)n1-c1ccccc1. The van der Waals surface area contributed by atoms with E-state index in [0.717, 1.165) is 16.9 Å². The van der Waals surface area contributed by atoms with Gasteiger partial charge in [0.15, 0.2) is 11.0 Å². The van der Waals surface area contributed by atoms with Crippen LogP contribution >= 0.6 is 11.8 Å². The number of amides is 1. The summed E-state index contributed by atoms with van der Waals surface area (Å²) in [5, 5.41) is 11.8. The van der Waals surface area contributed by atoms with E-state index in [4.69, 9.17) is 0 Å². The highest BCUT2D eigenvalue weighted by molar-refractivity contribution is 7.99. The van der Waals surface area contributed by atoms with E-state index < -0.39 is 0 Å². The fourth-order valence-corrected chi connectivity index (χ4v) is 3.84. The summed E-state index contributed by atoms with van der Waals surface area (Å²) in [6.45, 7) is 2.31. The summed E-state index contributed by atoms with van der Waals surface area (Å²) < 4.78 is 16.2. The molecular formula is C23H20FN5OS. The lowest BCUT2D eigenvalue weighted by atomic mass is 10.2. The minimum atomic E-state index is -0.382. The molecule has 0 radical (unpaired) electrons. The van der Waals surface area contributed by atoms with Gasteiger partial charge in [-0.3, -0.25) is 14.3 Å². The summed E-state index contributed by atoms with van der Waals surface area (Å²) in [4.78, 5) is 16.7. The van der Waals surface area contributed by atoms with Gasteiger partial charge >= 0.3 is 0 Å². The van der Waals surface area contributed by atoms with Crippen molar-refractivity contribution in [3.63, 3.8) is 0 Å². The Hall–Kier alpha value is -3.52. The van der Waals surface area contributed by atoms with E-state index in [9.17, 15) is 9.18 Å². The van der Waals surface area contributed by atoms with E-state index in [1.54, 1.807) is 29.0 Å². The Kier molecular flexibility index (Phi) is 6.37. The van der Waals surface area contributed by atoms with Gasteiger partial charge in [0.2, 0.25) is 5.91 Å². The van der Waals surface area contributed by atoms with Crippen LogP contribution in [0.2, 0.25) is 0 Å². The predicted molar refractivity (Wildman–Crippen MR) is 118 cm³/mol. The van der Waals surface area contributed by atoms with E-state index in [1.165, 1.54) is 17.8 Å². The molecule has 2 aromatic heterocycles. The van der Waals surface area contributed by atoms with Crippen molar-refractivity contribution in [2.45, 2.75) is 18.6 Å². The van der Waals surface area contributed by atoms with Gasteiger partial charge in [-0.15, -0.1) is 10.2 Å². The van der Waals surface area contributed by atoms with Crippen molar-refractivity contribution in [3.8, 4) is 17.1 Å². The van der Waals surface area contributed by atoms with Crippen molar-refractivity contribution in [1.29, 1.82) is 0 Å². The van der Waals surface area contributed by atoms with Crippen molar-refractivity contribution in [3.05, 3.63) is 90.0 Å². The molecule has 0 unspecified atom stereocenters. The Morgan fingerprint density at radius 3 is 2.58 bits per heavy atom. The molecule has 156 valence electrons. The molecule has 0 fully saturated rings. The van der Waals surface area contributed by atoms with Crippen molar-refractivity contribution in [2.75, 3.05) is 5.75 Å². The number of hydrogen-bond donors (Lipinski definition) is 1. The van der Waals surface area contributed by atoms with Gasteiger partial charge in [-0.2, -0.15) is 0 Å². The topological polar surface area (TPSA) is 72.7 Å². The van der Waals surface area contributed by atoms with Crippen LogP contribution in [0, 0.1) is 12.7 Å². The second kappa shape index (κ2) is 9.53. The minimum Gasteiger partial charge on any atom is -0.350 e. The van der Waals surface area contributed by atoms with Crippen LogP contribution < -0.4 is 5.32 Å². The minimum absolute atomic E-state index is 0.147. The van der Waals surface area contributed by atoms with Crippen LogP contribution in [0.5, 0.6) is 0 Å². The molecule has 4 rings (SSSR count). The Balaban J connectivity index is 1.54. The van der Waals surface area contributed by atoms with Gasteiger partial charge in [0.05, 0.1) is 23.6 Å². The van der Waals surface area contributed by atoms with Crippen LogP contribution in [-0.4, -0.2) is 31.4 Å². The first-order valence-electron chi connectivity index (χ1n) is 9.69. The zero-order valence-corrected chi connectivity index (χ0v) is 17.6. The van der Waals surface area contributed by atoms with E-state index in [1.807, 2.05) is 49.4 Å². The van der Waals surface area contributed by atoms with Gasteiger partial charge in [0.1, 0.15) is 5.82 Å². The Morgan fingerprint density at radius 1 is 1.03 bits per heavy atom. The van der Waals surface area contributed by atoms with Crippen LogP contribution in [0.25, 0.3) is 17.1 Å². The number of pyridine rings is 1. The number of thioether (sulfide) groups is 1. The smallest absolute Gasteiger partial charge is 0.230 e. The van der Waals surface area contributed by atoms with Crippen LogP contribution in [0.15, 0.2) is 78.1 Å². The summed E-state index contributed by atoms with van der Waals surface area (Å²) in [5.41, 5.74) is 2.99. The second-order valence-electron chi connectivity index (χ2n) is 6.79. The molecule has 0 spiro atoms. The van der Waals surface area contributed by atoms with Gasteiger partial charge in [0.25, 0.3) is 0 Å².